The van der Waals surface area contributed by atoms with E-state index in [2.05, 4.69) is 0 Å². The lowest BCUT2D eigenvalue weighted by Crippen LogP contribution is -2.47. The maximum absolute atomic E-state index is 12.7. The molecule has 110 valence electrons. The molecule has 19 heavy (non-hydrogen) atoms. The molecule has 2 rings (SSSR count). The second kappa shape index (κ2) is 5.66. The second-order valence-corrected chi connectivity index (χ2v) is 5.40. The number of β-amino-alcohol motifs (C(OH)–C–C–N with tert-alkyl or cyclic N) is 1. The minimum absolute atomic E-state index is 0.107. The van der Waals surface area contributed by atoms with Crippen LogP contribution in [0, 0.1) is 5.92 Å². The van der Waals surface area contributed by atoms with Crippen LogP contribution in [0.1, 0.15) is 19.3 Å². The van der Waals surface area contributed by atoms with Crippen LogP contribution in [-0.4, -0.2) is 65.8 Å². The molecule has 0 bridgehead atoms. The molecule has 2 fully saturated rings. The fourth-order valence-corrected chi connectivity index (χ4v) is 2.72. The van der Waals surface area contributed by atoms with Gasteiger partial charge in [0.1, 0.15) is 0 Å². The van der Waals surface area contributed by atoms with E-state index in [1.54, 1.807) is 4.90 Å². The van der Waals surface area contributed by atoms with Crippen molar-refractivity contribution < 1.29 is 23.1 Å². The van der Waals surface area contributed by atoms with Crippen molar-refractivity contribution in [1.29, 1.82) is 0 Å². The van der Waals surface area contributed by atoms with Crippen molar-refractivity contribution in [3.05, 3.63) is 0 Å². The number of aliphatic hydroxyl groups excluding tert-OH is 1. The molecule has 2 heterocycles. The summed E-state index contributed by atoms with van der Waals surface area (Å²) in [6, 6.07) is 0. The minimum atomic E-state index is -4.22. The summed E-state index contributed by atoms with van der Waals surface area (Å²) in [5.74, 6) is -1.66. The van der Waals surface area contributed by atoms with E-state index in [0.29, 0.717) is 32.5 Å². The monoisotopic (exact) mass is 280 g/mol. The highest BCUT2D eigenvalue weighted by Crippen LogP contribution is 2.33. The molecule has 1 unspecified atom stereocenters. The number of halogens is 3. The zero-order valence-corrected chi connectivity index (χ0v) is 10.7. The Labute approximate surface area is 110 Å². The summed E-state index contributed by atoms with van der Waals surface area (Å²) in [4.78, 5) is 15.1. The van der Waals surface area contributed by atoms with Crippen LogP contribution in [0.25, 0.3) is 0 Å². The van der Waals surface area contributed by atoms with E-state index in [-0.39, 0.29) is 25.4 Å². The van der Waals surface area contributed by atoms with Crippen molar-refractivity contribution in [3.8, 4) is 0 Å². The van der Waals surface area contributed by atoms with Gasteiger partial charge in [-0.15, -0.1) is 0 Å². The van der Waals surface area contributed by atoms with Crippen molar-refractivity contribution in [2.45, 2.75) is 31.5 Å². The molecule has 0 aromatic heterocycles. The van der Waals surface area contributed by atoms with Crippen LogP contribution in [0.4, 0.5) is 13.2 Å². The lowest BCUT2D eigenvalue weighted by molar-refractivity contribution is -0.188. The first-order chi connectivity index (χ1) is 8.86. The molecule has 2 atom stereocenters. The number of carbonyl (C=O) groups excluding carboxylic acids is 1. The Morgan fingerprint density at radius 1 is 1.21 bits per heavy atom. The molecule has 1 N–H and O–H groups in total. The largest absolute Gasteiger partial charge is 0.393 e. The minimum Gasteiger partial charge on any atom is -0.392 e. The molecule has 0 radical (unpaired) electrons. The number of rotatable bonds is 2. The van der Waals surface area contributed by atoms with Crippen LogP contribution in [0.2, 0.25) is 0 Å². The predicted octanol–water partition coefficient (Wildman–Crippen LogP) is 0.854. The summed E-state index contributed by atoms with van der Waals surface area (Å²) in [6.07, 6.45) is -3.51. The van der Waals surface area contributed by atoms with E-state index in [1.165, 1.54) is 4.90 Å². The number of alkyl halides is 3. The number of hydrogen-bond acceptors (Lipinski definition) is 3. The van der Waals surface area contributed by atoms with Crippen LogP contribution in [0.5, 0.6) is 0 Å². The average Bonchev–Trinajstić information content (AvgIpc) is 2.74. The number of likely N-dealkylation sites (tertiary alicyclic amines) is 2. The van der Waals surface area contributed by atoms with E-state index < -0.39 is 18.2 Å². The lowest BCUT2D eigenvalue weighted by atomic mass is 9.97. The molecule has 0 saturated carbocycles. The Kier molecular flexibility index (Phi) is 4.35. The molecule has 0 spiro atoms. The lowest BCUT2D eigenvalue weighted by Gasteiger charge is -2.34. The number of aliphatic hydroxyl groups is 1. The Bertz CT molecular complexity index is 335. The summed E-state index contributed by atoms with van der Waals surface area (Å²) in [7, 11) is 0. The van der Waals surface area contributed by atoms with E-state index in [1.807, 2.05) is 0 Å². The highest BCUT2D eigenvalue weighted by molar-refractivity contribution is 5.78. The first-order valence-corrected chi connectivity index (χ1v) is 6.61. The normalized spacial score (nSPS) is 29.8. The van der Waals surface area contributed by atoms with Crippen molar-refractivity contribution in [3.63, 3.8) is 0 Å². The molecule has 2 saturated heterocycles. The third kappa shape index (κ3) is 3.82. The molecular weight excluding hydrogens is 261 g/mol. The SMILES string of the molecule is O=C(CN1CC[C@H](O)C1)N1CCCC(C(F)(F)F)C1. The van der Waals surface area contributed by atoms with Crippen LogP contribution in [0.3, 0.4) is 0 Å². The van der Waals surface area contributed by atoms with Gasteiger partial charge in [-0.1, -0.05) is 0 Å². The van der Waals surface area contributed by atoms with Gasteiger partial charge in [-0.05, 0) is 19.3 Å². The fraction of sp³-hybridized carbons (Fsp3) is 0.917. The highest BCUT2D eigenvalue weighted by Gasteiger charge is 2.42. The van der Waals surface area contributed by atoms with Crippen LogP contribution in [0.15, 0.2) is 0 Å². The maximum atomic E-state index is 12.7. The Morgan fingerprint density at radius 2 is 1.95 bits per heavy atom. The number of amides is 1. The Morgan fingerprint density at radius 3 is 2.53 bits per heavy atom. The summed E-state index contributed by atoms with van der Waals surface area (Å²) in [5, 5.41) is 9.36. The maximum Gasteiger partial charge on any atom is 0.393 e. The number of carbonyl (C=O) groups is 1. The smallest absolute Gasteiger partial charge is 0.392 e. The standard InChI is InChI=1S/C12H19F3N2O2/c13-12(14,15)9-2-1-4-17(6-9)11(19)8-16-5-3-10(18)7-16/h9-10,18H,1-8H2/t9?,10-/m0/s1. The quantitative estimate of drug-likeness (QED) is 0.815. The van der Waals surface area contributed by atoms with Crippen molar-refractivity contribution in [2.24, 2.45) is 5.92 Å². The molecule has 2 aliphatic rings. The number of hydrogen-bond donors (Lipinski definition) is 1. The third-order valence-corrected chi connectivity index (χ3v) is 3.84. The zero-order chi connectivity index (χ0) is 14.0. The molecule has 0 aliphatic carbocycles. The molecule has 7 heteroatoms. The van der Waals surface area contributed by atoms with E-state index in [9.17, 15) is 23.1 Å². The molecule has 2 aliphatic heterocycles. The second-order valence-electron chi connectivity index (χ2n) is 5.40. The summed E-state index contributed by atoms with van der Waals surface area (Å²) >= 11 is 0. The van der Waals surface area contributed by atoms with Gasteiger partial charge in [0.15, 0.2) is 0 Å². The zero-order valence-electron chi connectivity index (χ0n) is 10.7. The van der Waals surface area contributed by atoms with Gasteiger partial charge in [0.25, 0.3) is 0 Å². The first kappa shape index (κ1) is 14.6. The van der Waals surface area contributed by atoms with Crippen molar-refractivity contribution >= 4 is 5.91 Å². The highest BCUT2D eigenvalue weighted by atomic mass is 19.4. The summed E-state index contributed by atoms with van der Waals surface area (Å²) < 4.78 is 38.0. The predicted molar refractivity (Wildman–Crippen MR) is 62.4 cm³/mol. The topological polar surface area (TPSA) is 43.8 Å². The van der Waals surface area contributed by atoms with E-state index in [0.717, 1.165) is 0 Å². The van der Waals surface area contributed by atoms with Crippen molar-refractivity contribution in [2.75, 3.05) is 32.7 Å². The van der Waals surface area contributed by atoms with Gasteiger partial charge in [0.2, 0.25) is 5.91 Å². The third-order valence-electron chi connectivity index (χ3n) is 3.84. The molecule has 1 amide bonds. The van der Waals surface area contributed by atoms with Crippen LogP contribution in [-0.2, 0) is 4.79 Å². The van der Waals surface area contributed by atoms with Gasteiger partial charge < -0.3 is 10.0 Å². The summed E-state index contributed by atoms with van der Waals surface area (Å²) in [5.41, 5.74) is 0. The summed E-state index contributed by atoms with van der Waals surface area (Å²) in [6.45, 7) is 1.36. The molecule has 0 aromatic carbocycles. The molecular formula is C12H19F3N2O2. The van der Waals surface area contributed by atoms with E-state index in [4.69, 9.17) is 0 Å². The van der Waals surface area contributed by atoms with Gasteiger partial charge >= 0.3 is 6.18 Å². The van der Waals surface area contributed by atoms with Gasteiger partial charge in [-0.25, -0.2) is 0 Å². The van der Waals surface area contributed by atoms with Gasteiger partial charge in [0.05, 0.1) is 18.6 Å². The van der Waals surface area contributed by atoms with Crippen molar-refractivity contribution in [1.82, 2.24) is 9.80 Å². The molecule has 4 nitrogen and oxygen atoms in total. The fourth-order valence-electron chi connectivity index (χ4n) is 2.72. The Hall–Kier alpha value is -0.820. The van der Waals surface area contributed by atoms with Crippen LogP contribution < -0.4 is 0 Å². The number of piperidine rings is 1. The van der Waals surface area contributed by atoms with Crippen LogP contribution >= 0.6 is 0 Å². The Balaban J connectivity index is 1.85. The first-order valence-electron chi connectivity index (χ1n) is 6.61. The number of nitrogens with zero attached hydrogens (tertiary/aromatic N) is 2. The average molecular weight is 280 g/mol. The van der Waals surface area contributed by atoms with Gasteiger partial charge in [0, 0.05) is 26.2 Å². The van der Waals surface area contributed by atoms with Gasteiger partial charge in [-0.3, -0.25) is 9.69 Å². The molecule has 0 aromatic rings. The van der Waals surface area contributed by atoms with E-state index >= 15 is 0 Å². The van der Waals surface area contributed by atoms with Gasteiger partial charge in [-0.2, -0.15) is 13.2 Å².